The standard InChI is InChI=1S/C40H56O6/c1-35(2)19-21-40(34(43)44)22-20-38(6)26(27(40)24-35)11-13-31-37(5)17-16-32(36(3,4)30(37)15-18-39(31,38)7)46-33(42)14-10-25-9-12-28(41)29(23-25)45-8/h9-12,14,23,27,30-32,41H,13,15-22,24H2,1-8H3,(H,43,44)/b14-10+/t27?,30?,31?,32-,37-,38+,39+,40-/m0/s1. The number of phenolic OH excluding ortho intramolecular Hbond substituents is 1. The number of phenols is 1. The fourth-order valence-corrected chi connectivity index (χ4v) is 12.0. The molecule has 0 heterocycles. The molecule has 0 aliphatic heterocycles. The maximum atomic E-state index is 13.1. The van der Waals surface area contributed by atoms with Crippen molar-refractivity contribution < 1.29 is 29.3 Å². The molecule has 0 aromatic heterocycles. The molecule has 4 saturated carbocycles. The number of carbonyl (C=O) groups excluding carboxylic acids is 1. The minimum atomic E-state index is -0.613. The van der Waals surface area contributed by atoms with Crippen molar-refractivity contribution in [3.63, 3.8) is 0 Å². The number of ether oxygens (including phenoxy) is 2. The number of hydrogen-bond acceptors (Lipinski definition) is 5. The Morgan fingerprint density at radius 1 is 0.913 bits per heavy atom. The van der Waals surface area contributed by atoms with E-state index >= 15 is 0 Å². The number of fused-ring (bicyclic) bond motifs is 7. The third-order valence-corrected chi connectivity index (χ3v) is 14.9. The molecule has 2 N–H and O–H groups in total. The topological polar surface area (TPSA) is 93.1 Å². The van der Waals surface area contributed by atoms with Crippen molar-refractivity contribution in [2.24, 2.45) is 50.2 Å². The summed E-state index contributed by atoms with van der Waals surface area (Å²) < 4.78 is 11.4. The minimum absolute atomic E-state index is 0.00387. The normalized spacial score (nSPS) is 40.8. The van der Waals surface area contributed by atoms with Gasteiger partial charge in [-0.2, -0.15) is 0 Å². The summed E-state index contributed by atoms with van der Waals surface area (Å²) >= 11 is 0. The van der Waals surface area contributed by atoms with E-state index in [1.54, 1.807) is 24.3 Å². The van der Waals surface area contributed by atoms with Crippen LogP contribution in [0.1, 0.15) is 118 Å². The molecule has 0 amide bonds. The van der Waals surface area contributed by atoms with Crippen LogP contribution in [-0.4, -0.2) is 35.4 Å². The summed E-state index contributed by atoms with van der Waals surface area (Å²) in [5, 5.41) is 20.5. The van der Waals surface area contributed by atoms with Crippen LogP contribution in [0, 0.1) is 50.2 Å². The summed E-state index contributed by atoms with van der Waals surface area (Å²) in [7, 11) is 1.50. The van der Waals surface area contributed by atoms with Crippen LogP contribution in [0.2, 0.25) is 0 Å². The Hall–Kier alpha value is -2.76. The van der Waals surface area contributed by atoms with Gasteiger partial charge in [0.15, 0.2) is 11.5 Å². The second kappa shape index (κ2) is 10.9. The first-order chi connectivity index (χ1) is 21.4. The molecule has 0 radical (unpaired) electrons. The zero-order valence-electron chi connectivity index (χ0n) is 29.4. The summed E-state index contributed by atoms with van der Waals surface area (Å²) in [4.78, 5) is 26.1. The van der Waals surface area contributed by atoms with E-state index in [9.17, 15) is 19.8 Å². The lowest BCUT2D eigenvalue weighted by Crippen LogP contribution is -2.65. The summed E-state index contributed by atoms with van der Waals surface area (Å²) in [6.45, 7) is 16.8. The van der Waals surface area contributed by atoms with E-state index < -0.39 is 11.4 Å². The van der Waals surface area contributed by atoms with Crippen molar-refractivity contribution >= 4 is 18.0 Å². The van der Waals surface area contributed by atoms with Gasteiger partial charge in [0.25, 0.3) is 0 Å². The third-order valence-electron chi connectivity index (χ3n) is 14.9. The fraction of sp³-hybridized carbons (Fsp3) is 0.700. The molecule has 4 fully saturated rings. The Labute approximate surface area is 276 Å². The highest BCUT2D eigenvalue weighted by Crippen LogP contribution is 2.75. The van der Waals surface area contributed by atoms with Gasteiger partial charge in [-0.1, -0.05) is 66.2 Å². The Morgan fingerprint density at radius 2 is 1.63 bits per heavy atom. The smallest absolute Gasteiger partial charge is 0.331 e. The number of methoxy groups -OCH3 is 1. The maximum absolute atomic E-state index is 13.1. The molecule has 6 heteroatoms. The first-order valence-electron chi connectivity index (χ1n) is 17.6. The van der Waals surface area contributed by atoms with Crippen molar-refractivity contribution in [1.29, 1.82) is 0 Å². The molecule has 8 atom stereocenters. The third kappa shape index (κ3) is 4.78. The maximum Gasteiger partial charge on any atom is 0.331 e. The Morgan fingerprint density at radius 3 is 2.33 bits per heavy atom. The van der Waals surface area contributed by atoms with E-state index in [1.165, 1.54) is 18.8 Å². The number of carboxylic acid groups (broad SMARTS) is 1. The number of carbonyl (C=O) groups is 2. The van der Waals surface area contributed by atoms with E-state index in [-0.39, 0.29) is 50.8 Å². The number of rotatable bonds is 5. The molecular weight excluding hydrogens is 576 g/mol. The quantitative estimate of drug-likeness (QED) is 0.191. The SMILES string of the molecule is COc1cc(/C=C/C(=O)O[C@H]2CC[C@@]3(C)C(CC[C@]4(C)C3CC=C3C5CC(C)(C)CC[C@]5(C(=O)O)CC[C@]34C)C2(C)C)ccc1O. The van der Waals surface area contributed by atoms with Crippen molar-refractivity contribution in [3.8, 4) is 11.5 Å². The summed E-state index contributed by atoms with van der Waals surface area (Å²) in [6.07, 6.45) is 15.1. The largest absolute Gasteiger partial charge is 0.504 e. The molecule has 6 nitrogen and oxygen atoms in total. The van der Waals surface area contributed by atoms with Gasteiger partial charge >= 0.3 is 11.9 Å². The highest BCUT2D eigenvalue weighted by Gasteiger charge is 2.69. The average Bonchev–Trinajstić information content (AvgIpc) is 2.98. The summed E-state index contributed by atoms with van der Waals surface area (Å²) in [5.74, 6) is 0.552. The second-order valence-electron chi connectivity index (χ2n) is 17.7. The monoisotopic (exact) mass is 632 g/mol. The van der Waals surface area contributed by atoms with Crippen molar-refractivity contribution in [2.45, 2.75) is 119 Å². The Balaban J connectivity index is 1.24. The number of allylic oxidation sites excluding steroid dienone is 2. The first-order valence-corrected chi connectivity index (χ1v) is 17.6. The lowest BCUT2D eigenvalue weighted by Gasteiger charge is -2.71. The molecular formula is C40H56O6. The molecule has 5 aliphatic carbocycles. The van der Waals surface area contributed by atoms with E-state index in [0.29, 0.717) is 17.6 Å². The number of benzene rings is 1. The van der Waals surface area contributed by atoms with Crippen LogP contribution in [0.3, 0.4) is 0 Å². The summed E-state index contributed by atoms with van der Waals surface area (Å²) in [5.41, 5.74) is 1.80. The van der Waals surface area contributed by atoms with Crippen LogP contribution in [0.25, 0.3) is 6.08 Å². The molecule has 0 saturated heterocycles. The predicted molar refractivity (Wildman–Crippen MR) is 180 cm³/mol. The van der Waals surface area contributed by atoms with Crippen LogP contribution in [0.5, 0.6) is 11.5 Å². The molecule has 46 heavy (non-hydrogen) atoms. The van der Waals surface area contributed by atoms with Crippen LogP contribution in [-0.2, 0) is 14.3 Å². The Kier molecular flexibility index (Phi) is 7.84. The van der Waals surface area contributed by atoms with Crippen molar-refractivity contribution in [1.82, 2.24) is 0 Å². The van der Waals surface area contributed by atoms with Crippen LogP contribution >= 0.6 is 0 Å². The van der Waals surface area contributed by atoms with E-state index in [2.05, 4.69) is 54.5 Å². The van der Waals surface area contributed by atoms with Gasteiger partial charge < -0.3 is 19.7 Å². The number of hydrogen-bond donors (Lipinski definition) is 2. The molecule has 252 valence electrons. The van der Waals surface area contributed by atoms with Gasteiger partial charge in [0.2, 0.25) is 0 Å². The Bertz CT molecular complexity index is 1470. The van der Waals surface area contributed by atoms with Gasteiger partial charge in [-0.05, 0) is 127 Å². The minimum Gasteiger partial charge on any atom is -0.504 e. The van der Waals surface area contributed by atoms with Gasteiger partial charge in [-0.15, -0.1) is 0 Å². The highest BCUT2D eigenvalue weighted by atomic mass is 16.5. The second-order valence-corrected chi connectivity index (χ2v) is 17.7. The number of esters is 1. The van der Waals surface area contributed by atoms with Crippen molar-refractivity contribution in [2.75, 3.05) is 7.11 Å². The molecule has 1 aromatic carbocycles. The van der Waals surface area contributed by atoms with E-state index in [0.717, 1.165) is 69.8 Å². The molecule has 6 rings (SSSR count). The average molecular weight is 633 g/mol. The highest BCUT2D eigenvalue weighted by molar-refractivity contribution is 5.87. The van der Waals surface area contributed by atoms with Gasteiger partial charge in [-0.3, -0.25) is 4.79 Å². The lowest BCUT2D eigenvalue weighted by atomic mass is 9.33. The molecule has 1 aromatic rings. The van der Waals surface area contributed by atoms with Gasteiger partial charge in [0.05, 0.1) is 12.5 Å². The van der Waals surface area contributed by atoms with Crippen LogP contribution < -0.4 is 4.74 Å². The lowest BCUT2D eigenvalue weighted by molar-refractivity contribution is -0.212. The molecule has 0 bridgehead atoms. The summed E-state index contributed by atoms with van der Waals surface area (Å²) in [6, 6.07) is 4.99. The predicted octanol–water partition coefficient (Wildman–Crippen LogP) is 9.21. The first kappa shape index (κ1) is 33.2. The number of carboxylic acids is 1. The zero-order valence-corrected chi connectivity index (χ0v) is 29.4. The van der Waals surface area contributed by atoms with Gasteiger partial charge in [0, 0.05) is 11.5 Å². The van der Waals surface area contributed by atoms with Crippen molar-refractivity contribution in [3.05, 3.63) is 41.5 Å². The number of aliphatic carboxylic acids is 1. The van der Waals surface area contributed by atoms with Crippen LogP contribution in [0.4, 0.5) is 0 Å². The molecule has 3 unspecified atom stereocenters. The van der Waals surface area contributed by atoms with Gasteiger partial charge in [0.1, 0.15) is 6.10 Å². The van der Waals surface area contributed by atoms with E-state index in [1.807, 2.05) is 0 Å². The van der Waals surface area contributed by atoms with Gasteiger partial charge in [-0.25, -0.2) is 4.79 Å². The van der Waals surface area contributed by atoms with Crippen LogP contribution in [0.15, 0.2) is 35.9 Å². The zero-order chi connectivity index (χ0) is 33.5. The fourth-order valence-electron chi connectivity index (χ4n) is 12.0. The molecule has 0 spiro atoms. The number of aromatic hydroxyl groups is 1. The molecule has 5 aliphatic rings. The van der Waals surface area contributed by atoms with E-state index in [4.69, 9.17) is 9.47 Å².